The summed E-state index contributed by atoms with van der Waals surface area (Å²) in [4.78, 5) is 29.7. The van der Waals surface area contributed by atoms with Gasteiger partial charge >= 0.3 is 6.03 Å². The molecule has 2 heterocycles. The van der Waals surface area contributed by atoms with Crippen molar-refractivity contribution in [2.45, 2.75) is 57.5 Å². The minimum atomic E-state index is -0.102. The van der Waals surface area contributed by atoms with Crippen LogP contribution in [0.4, 0.5) is 10.5 Å². The van der Waals surface area contributed by atoms with Crippen molar-refractivity contribution in [3.63, 3.8) is 0 Å². The summed E-state index contributed by atoms with van der Waals surface area (Å²) in [6.07, 6.45) is 5.56. The number of hydrogen-bond acceptors (Lipinski definition) is 3. The molecule has 1 aromatic carbocycles. The Morgan fingerprint density at radius 2 is 1.72 bits per heavy atom. The number of amides is 3. The first-order valence-electron chi connectivity index (χ1n) is 10.7. The highest BCUT2D eigenvalue weighted by Crippen LogP contribution is 2.35. The van der Waals surface area contributed by atoms with Crippen LogP contribution in [0.15, 0.2) is 18.2 Å². The number of anilines is 1. The van der Waals surface area contributed by atoms with Crippen molar-refractivity contribution < 1.29 is 14.3 Å². The maximum absolute atomic E-state index is 13.0. The highest BCUT2D eigenvalue weighted by Gasteiger charge is 2.41. The van der Waals surface area contributed by atoms with Gasteiger partial charge in [0, 0.05) is 55.0 Å². The molecule has 3 aliphatic rings. The number of nitrogens with one attached hydrogen (secondary N) is 1. The van der Waals surface area contributed by atoms with Crippen LogP contribution in [0.5, 0.6) is 0 Å². The number of hydrogen-bond donors (Lipinski definition) is 1. The lowest BCUT2D eigenvalue weighted by Gasteiger charge is -2.43. The van der Waals surface area contributed by atoms with Gasteiger partial charge in [-0.15, -0.1) is 0 Å². The zero-order valence-electron chi connectivity index (χ0n) is 17.0. The molecule has 0 aromatic heterocycles. The summed E-state index contributed by atoms with van der Waals surface area (Å²) in [5.41, 5.74) is 1.69. The van der Waals surface area contributed by atoms with Gasteiger partial charge in [-0.3, -0.25) is 4.79 Å². The normalized spacial score (nSPS) is 21.1. The molecule has 3 amide bonds. The average Bonchev–Trinajstić information content (AvgIpc) is 3.58. The van der Waals surface area contributed by atoms with E-state index in [9.17, 15) is 9.59 Å². The van der Waals surface area contributed by atoms with Gasteiger partial charge in [0.15, 0.2) is 0 Å². The average molecular weight is 420 g/mol. The Hall–Kier alpha value is -1.79. The maximum Gasteiger partial charge on any atom is 0.321 e. The van der Waals surface area contributed by atoms with Crippen LogP contribution in [0, 0.1) is 12.8 Å². The number of ether oxygens (including phenoxy) is 1. The van der Waals surface area contributed by atoms with Crippen molar-refractivity contribution in [1.29, 1.82) is 0 Å². The molecule has 7 heteroatoms. The second-order valence-corrected chi connectivity index (χ2v) is 8.88. The Balaban J connectivity index is 1.35. The fraction of sp³-hybridized carbons (Fsp3) is 0.636. The number of carbonyl (C=O) groups is 2. The lowest BCUT2D eigenvalue weighted by atomic mass is 9.97. The number of nitrogens with zero attached hydrogens (tertiary/aromatic N) is 2. The van der Waals surface area contributed by atoms with Gasteiger partial charge < -0.3 is 19.9 Å². The number of benzene rings is 1. The second-order valence-electron chi connectivity index (χ2n) is 8.48. The van der Waals surface area contributed by atoms with Crippen molar-refractivity contribution in [3.8, 4) is 0 Å². The lowest BCUT2D eigenvalue weighted by Crippen LogP contribution is -2.54. The van der Waals surface area contributed by atoms with Crippen LogP contribution in [-0.2, 0) is 9.53 Å². The van der Waals surface area contributed by atoms with Gasteiger partial charge in [0.2, 0.25) is 5.91 Å². The Morgan fingerprint density at radius 1 is 1.07 bits per heavy atom. The number of piperidine rings is 1. The third-order valence-corrected chi connectivity index (χ3v) is 6.74. The molecule has 1 aliphatic carbocycles. The molecule has 0 radical (unpaired) electrons. The second kappa shape index (κ2) is 8.92. The van der Waals surface area contributed by atoms with E-state index in [1.165, 1.54) is 0 Å². The van der Waals surface area contributed by atoms with Gasteiger partial charge in [-0.25, -0.2) is 4.79 Å². The van der Waals surface area contributed by atoms with Crippen molar-refractivity contribution >= 4 is 29.2 Å². The molecule has 1 saturated carbocycles. The molecular weight excluding hydrogens is 390 g/mol. The van der Waals surface area contributed by atoms with E-state index in [1.807, 2.05) is 24.0 Å². The van der Waals surface area contributed by atoms with Crippen molar-refractivity contribution in [2.75, 3.05) is 31.6 Å². The Morgan fingerprint density at radius 3 is 2.34 bits per heavy atom. The van der Waals surface area contributed by atoms with E-state index in [2.05, 4.69) is 10.2 Å². The van der Waals surface area contributed by atoms with Crippen LogP contribution in [-0.4, -0.2) is 60.1 Å². The van der Waals surface area contributed by atoms with E-state index in [0.717, 1.165) is 57.3 Å². The zero-order valence-corrected chi connectivity index (χ0v) is 17.8. The topological polar surface area (TPSA) is 61.9 Å². The molecular formula is C22H30ClN3O3. The number of aryl methyl sites for hydroxylation is 1. The van der Waals surface area contributed by atoms with Crippen LogP contribution >= 0.6 is 11.6 Å². The fourth-order valence-electron chi connectivity index (χ4n) is 4.38. The van der Waals surface area contributed by atoms with Gasteiger partial charge in [-0.1, -0.05) is 17.7 Å². The highest BCUT2D eigenvalue weighted by atomic mass is 35.5. The van der Waals surface area contributed by atoms with Crippen LogP contribution in [0.1, 0.15) is 44.1 Å². The Bertz CT molecular complexity index is 754. The Labute approximate surface area is 177 Å². The highest BCUT2D eigenvalue weighted by molar-refractivity contribution is 6.31. The molecule has 0 unspecified atom stereocenters. The SMILES string of the molecule is Cc1ccc(NC(=O)N2CCC(N(C(=O)C3CC3)C3CCOCC3)CC2)cc1Cl. The summed E-state index contributed by atoms with van der Waals surface area (Å²) >= 11 is 6.16. The smallest absolute Gasteiger partial charge is 0.321 e. The van der Waals surface area contributed by atoms with E-state index in [0.29, 0.717) is 29.7 Å². The quantitative estimate of drug-likeness (QED) is 0.800. The summed E-state index contributed by atoms with van der Waals surface area (Å²) in [6, 6.07) is 5.96. The van der Waals surface area contributed by atoms with E-state index < -0.39 is 0 Å². The molecule has 0 bridgehead atoms. The molecule has 158 valence electrons. The molecule has 6 nitrogen and oxygen atoms in total. The number of rotatable bonds is 4. The predicted octanol–water partition coefficient (Wildman–Crippen LogP) is 4.06. The predicted molar refractivity (Wildman–Crippen MR) is 113 cm³/mol. The van der Waals surface area contributed by atoms with Crippen LogP contribution in [0.25, 0.3) is 0 Å². The molecule has 0 atom stereocenters. The minimum absolute atomic E-state index is 0.102. The van der Waals surface area contributed by atoms with Gasteiger partial charge in [-0.2, -0.15) is 0 Å². The fourth-order valence-corrected chi connectivity index (χ4v) is 4.56. The molecule has 3 fully saturated rings. The van der Waals surface area contributed by atoms with Gasteiger partial charge in [-0.05, 0) is 63.1 Å². The number of carbonyl (C=O) groups excluding carboxylic acids is 2. The number of halogens is 1. The van der Waals surface area contributed by atoms with Gasteiger partial charge in [0.25, 0.3) is 0 Å². The summed E-state index contributed by atoms with van der Waals surface area (Å²) < 4.78 is 5.51. The van der Waals surface area contributed by atoms with Crippen molar-refractivity contribution in [1.82, 2.24) is 9.80 Å². The lowest BCUT2D eigenvalue weighted by molar-refractivity contribution is -0.141. The largest absolute Gasteiger partial charge is 0.381 e. The van der Waals surface area contributed by atoms with E-state index in [4.69, 9.17) is 16.3 Å². The molecule has 0 spiro atoms. The molecule has 1 aromatic rings. The zero-order chi connectivity index (χ0) is 20.4. The summed E-state index contributed by atoms with van der Waals surface area (Å²) in [5, 5.41) is 3.59. The third-order valence-electron chi connectivity index (χ3n) is 6.33. The standard InChI is InChI=1S/C22H30ClN3O3/c1-15-2-5-17(14-20(15)23)24-22(28)25-10-6-18(7-11-25)26(21(27)16-3-4-16)19-8-12-29-13-9-19/h2,5,14,16,18-19H,3-4,6-13H2,1H3,(H,24,28). The Kier molecular flexibility index (Phi) is 6.30. The van der Waals surface area contributed by atoms with Crippen LogP contribution in [0.2, 0.25) is 5.02 Å². The van der Waals surface area contributed by atoms with E-state index >= 15 is 0 Å². The minimum Gasteiger partial charge on any atom is -0.381 e. The monoisotopic (exact) mass is 419 g/mol. The van der Waals surface area contributed by atoms with E-state index in [-0.39, 0.29) is 24.0 Å². The van der Waals surface area contributed by atoms with Gasteiger partial charge in [0.1, 0.15) is 0 Å². The summed E-state index contributed by atoms with van der Waals surface area (Å²) in [7, 11) is 0. The third kappa shape index (κ3) is 4.86. The van der Waals surface area contributed by atoms with Gasteiger partial charge in [0.05, 0.1) is 0 Å². The first kappa shape index (κ1) is 20.5. The molecule has 2 aliphatic heterocycles. The van der Waals surface area contributed by atoms with Crippen molar-refractivity contribution in [2.24, 2.45) is 5.92 Å². The molecule has 29 heavy (non-hydrogen) atoms. The first-order valence-corrected chi connectivity index (χ1v) is 11.1. The molecule has 4 rings (SSSR count). The van der Waals surface area contributed by atoms with E-state index in [1.54, 1.807) is 6.07 Å². The molecule has 2 saturated heterocycles. The number of likely N-dealkylation sites (tertiary alicyclic amines) is 1. The number of urea groups is 1. The molecule has 1 N–H and O–H groups in total. The van der Waals surface area contributed by atoms with Crippen molar-refractivity contribution in [3.05, 3.63) is 28.8 Å². The first-order chi connectivity index (χ1) is 14.0. The summed E-state index contributed by atoms with van der Waals surface area (Å²) in [5.74, 6) is 0.555. The summed E-state index contributed by atoms with van der Waals surface area (Å²) in [6.45, 7) is 4.73. The van der Waals surface area contributed by atoms with Crippen LogP contribution in [0.3, 0.4) is 0 Å². The van der Waals surface area contributed by atoms with Crippen LogP contribution < -0.4 is 5.32 Å². The maximum atomic E-state index is 13.0.